The molecule has 2 amide bonds. The zero-order chi connectivity index (χ0) is 23.8. The molecule has 0 spiro atoms. The first-order valence-electron chi connectivity index (χ1n) is 11.7. The van der Waals surface area contributed by atoms with Crippen molar-refractivity contribution in [3.63, 3.8) is 0 Å². The summed E-state index contributed by atoms with van der Waals surface area (Å²) in [5.74, 6) is 1.45. The van der Waals surface area contributed by atoms with Gasteiger partial charge in [0.15, 0.2) is 12.4 Å². The van der Waals surface area contributed by atoms with Crippen LogP contribution in [0.3, 0.4) is 0 Å². The summed E-state index contributed by atoms with van der Waals surface area (Å²) in [6, 6.07) is 5.82. The molecular formula is C24H29N7O3. The molecule has 0 aliphatic carbocycles. The first-order chi connectivity index (χ1) is 16.5. The first kappa shape index (κ1) is 22.1. The van der Waals surface area contributed by atoms with Gasteiger partial charge in [0.05, 0.1) is 5.69 Å². The van der Waals surface area contributed by atoms with E-state index in [-0.39, 0.29) is 18.4 Å². The van der Waals surface area contributed by atoms with Crippen molar-refractivity contribution < 1.29 is 14.3 Å². The lowest BCUT2D eigenvalue weighted by molar-refractivity contribution is -0.132. The molecule has 0 saturated heterocycles. The fourth-order valence-corrected chi connectivity index (χ4v) is 4.76. The number of rotatable bonds is 6. The molecule has 0 bridgehead atoms. The Hall–Kier alpha value is -3.69. The molecule has 3 aromatic rings. The molecule has 10 nitrogen and oxygen atoms in total. The average molecular weight is 464 g/mol. The zero-order valence-electron chi connectivity index (χ0n) is 19.8. The minimum absolute atomic E-state index is 0.0328. The Morgan fingerprint density at radius 1 is 1.26 bits per heavy atom. The van der Waals surface area contributed by atoms with E-state index in [4.69, 9.17) is 9.84 Å². The van der Waals surface area contributed by atoms with E-state index in [1.165, 1.54) is 0 Å². The van der Waals surface area contributed by atoms with Crippen molar-refractivity contribution in [3.05, 3.63) is 41.3 Å². The molecule has 34 heavy (non-hydrogen) atoms. The van der Waals surface area contributed by atoms with Crippen LogP contribution in [0.25, 0.3) is 11.5 Å². The lowest BCUT2D eigenvalue weighted by Crippen LogP contribution is -2.40. The highest BCUT2D eigenvalue weighted by atomic mass is 16.5. The van der Waals surface area contributed by atoms with Crippen LogP contribution in [-0.4, -0.2) is 61.0 Å². The van der Waals surface area contributed by atoms with E-state index in [2.05, 4.69) is 10.2 Å². The summed E-state index contributed by atoms with van der Waals surface area (Å²) in [5, 5.41) is 13.0. The van der Waals surface area contributed by atoms with Crippen molar-refractivity contribution in [2.24, 2.45) is 7.05 Å². The Kier molecular flexibility index (Phi) is 5.80. The number of ether oxygens (including phenoxy) is 1. The van der Waals surface area contributed by atoms with Crippen LogP contribution in [0.2, 0.25) is 0 Å². The van der Waals surface area contributed by atoms with Crippen LogP contribution in [0.5, 0.6) is 5.75 Å². The largest absolute Gasteiger partial charge is 0.482 e. The monoisotopic (exact) mass is 463 g/mol. The molecule has 178 valence electrons. The van der Waals surface area contributed by atoms with Crippen molar-refractivity contribution in [2.75, 3.05) is 24.6 Å². The number of fused-ring (bicyclic) bond motifs is 2. The van der Waals surface area contributed by atoms with E-state index in [9.17, 15) is 9.59 Å². The Morgan fingerprint density at radius 3 is 2.94 bits per heavy atom. The Bertz CT molecular complexity index is 1250. The summed E-state index contributed by atoms with van der Waals surface area (Å²) < 4.78 is 9.41. The molecule has 4 heterocycles. The van der Waals surface area contributed by atoms with Crippen LogP contribution < -0.4 is 9.64 Å². The van der Waals surface area contributed by atoms with Crippen molar-refractivity contribution in [3.8, 4) is 17.3 Å². The molecule has 2 aromatic heterocycles. The third-order valence-electron chi connectivity index (χ3n) is 6.59. The first-order valence-corrected chi connectivity index (χ1v) is 11.7. The normalized spacial score (nSPS) is 15.2. The van der Waals surface area contributed by atoms with E-state index in [1.54, 1.807) is 11.2 Å². The summed E-state index contributed by atoms with van der Waals surface area (Å²) in [6.45, 7) is 6.46. The average Bonchev–Trinajstić information content (AvgIpc) is 3.44. The van der Waals surface area contributed by atoms with Gasteiger partial charge in [-0.1, -0.05) is 6.07 Å². The van der Waals surface area contributed by atoms with Gasteiger partial charge in [-0.3, -0.25) is 14.3 Å². The van der Waals surface area contributed by atoms with Gasteiger partial charge < -0.3 is 19.1 Å². The van der Waals surface area contributed by atoms with Gasteiger partial charge in [0.2, 0.25) is 5.91 Å². The maximum atomic E-state index is 13.1. The van der Waals surface area contributed by atoms with Crippen LogP contribution in [0, 0.1) is 6.92 Å². The smallest absolute Gasteiger partial charge is 0.265 e. The molecule has 0 atom stereocenters. The molecule has 0 fully saturated rings. The van der Waals surface area contributed by atoms with Gasteiger partial charge >= 0.3 is 0 Å². The maximum absolute atomic E-state index is 13.1. The number of amides is 2. The van der Waals surface area contributed by atoms with Gasteiger partial charge in [-0.2, -0.15) is 5.10 Å². The van der Waals surface area contributed by atoms with Crippen molar-refractivity contribution in [2.45, 2.75) is 46.2 Å². The van der Waals surface area contributed by atoms with E-state index >= 15 is 0 Å². The highest BCUT2D eigenvalue weighted by Crippen LogP contribution is 2.33. The fourth-order valence-electron chi connectivity index (χ4n) is 4.76. The Morgan fingerprint density at radius 2 is 2.12 bits per heavy atom. The van der Waals surface area contributed by atoms with Crippen LogP contribution in [0.15, 0.2) is 24.5 Å². The summed E-state index contributed by atoms with van der Waals surface area (Å²) >= 11 is 0. The minimum atomic E-state index is -0.0757. The Balaban J connectivity index is 1.26. The van der Waals surface area contributed by atoms with Gasteiger partial charge in [-0.25, -0.2) is 0 Å². The second-order valence-electron chi connectivity index (χ2n) is 8.81. The lowest BCUT2D eigenvalue weighted by atomic mass is 10.0. The predicted molar refractivity (Wildman–Crippen MR) is 125 cm³/mol. The number of benzene rings is 1. The summed E-state index contributed by atoms with van der Waals surface area (Å²) in [5.41, 5.74) is 4.81. The number of anilines is 1. The molecule has 0 saturated carbocycles. The van der Waals surface area contributed by atoms with E-state index in [0.29, 0.717) is 38.2 Å². The number of aryl methyl sites for hydroxylation is 3. The summed E-state index contributed by atoms with van der Waals surface area (Å²) in [4.78, 5) is 29.2. The molecule has 10 heteroatoms. The number of carbonyl (C=O) groups is 2. The van der Waals surface area contributed by atoms with Gasteiger partial charge in [-0.15, -0.1) is 10.2 Å². The van der Waals surface area contributed by atoms with Gasteiger partial charge in [0, 0.05) is 57.3 Å². The summed E-state index contributed by atoms with van der Waals surface area (Å²) in [6.07, 6.45) is 3.42. The van der Waals surface area contributed by atoms with Crippen LogP contribution >= 0.6 is 0 Å². The highest BCUT2D eigenvalue weighted by Gasteiger charge is 2.30. The second kappa shape index (κ2) is 8.92. The van der Waals surface area contributed by atoms with E-state index in [0.717, 1.165) is 47.0 Å². The maximum Gasteiger partial charge on any atom is 0.265 e. The SMILES string of the molecule is CCn1cnnc1-c1nn(C)c2c1CN(C(=O)CCCN1C(=O)COc3ccc(C)cc31)CC2. The van der Waals surface area contributed by atoms with Crippen molar-refractivity contribution in [1.82, 2.24) is 29.4 Å². The molecule has 0 N–H and O–H groups in total. The molecule has 0 radical (unpaired) electrons. The van der Waals surface area contributed by atoms with Gasteiger partial charge in [0.25, 0.3) is 5.91 Å². The number of nitrogens with zero attached hydrogens (tertiary/aromatic N) is 7. The number of hydrogen-bond donors (Lipinski definition) is 0. The Labute approximate surface area is 198 Å². The predicted octanol–water partition coefficient (Wildman–Crippen LogP) is 2.10. The number of aromatic nitrogens is 5. The second-order valence-corrected chi connectivity index (χ2v) is 8.81. The number of hydrogen-bond acceptors (Lipinski definition) is 6. The van der Waals surface area contributed by atoms with Gasteiger partial charge in [0.1, 0.15) is 17.8 Å². The lowest BCUT2D eigenvalue weighted by Gasteiger charge is -2.30. The molecule has 2 aliphatic heterocycles. The molecular weight excluding hydrogens is 434 g/mol. The standard InChI is InChI=1S/C24H29N7O3/c1-4-29-15-25-26-24(29)23-17-13-30(11-9-18(17)28(3)27-23)21(32)6-5-10-31-19-12-16(2)7-8-20(19)34-14-22(31)33/h7-8,12,15H,4-6,9-11,13-14H2,1-3H3. The zero-order valence-corrected chi connectivity index (χ0v) is 19.8. The van der Waals surface area contributed by atoms with Crippen LogP contribution in [-0.2, 0) is 36.1 Å². The topological polar surface area (TPSA) is 98.4 Å². The molecule has 2 aliphatic rings. The van der Waals surface area contributed by atoms with Crippen molar-refractivity contribution >= 4 is 17.5 Å². The third kappa shape index (κ3) is 3.93. The molecule has 5 rings (SSSR count). The molecule has 0 unspecified atom stereocenters. The minimum Gasteiger partial charge on any atom is -0.482 e. The highest BCUT2D eigenvalue weighted by molar-refractivity contribution is 5.98. The van der Waals surface area contributed by atoms with Crippen LogP contribution in [0.4, 0.5) is 5.69 Å². The van der Waals surface area contributed by atoms with Crippen molar-refractivity contribution in [1.29, 1.82) is 0 Å². The van der Waals surface area contributed by atoms with E-state index < -0.39 is 0 Å². The van der Waals surface area contributed by atoms with Crippen LogP contribution in [0.1, 0.15) is 36.6 Å². The molecule has 1 aromatic carbocycles. The van der Waals surface area contributed by atoms with E-state index in [1.807, 2.05) is 53.2 Å². The number of carbonyl (C=O) groups excluding carboxylic acids is 2. The quantitative estimate of drug-likeness (QED) is 0.555. The van der Waals surface area contributed by atoms with Gasteiger partial charge in [-0.05, 0) is 38.0 Å². The fraction of sp³-hybridized carbons (Fsp3) is 0.458. The third-order valence-corrected chi connectivity index (χ3v) is 6.59. The summed E-state index contributed by atoms with van der Waals surface area (Å²) in [7, 11) is 1.94.